The number of carbonyl (C=O) groups is 1. The third-order valence-corrected chi connectivity index (χ3v) is 7.51. The summed E-state index contributed by atoms with van der Waals surface area (Å²) >= 11 is 7.80. The second kappa shape index (κ2) is 7.71. The molecule has 29 heavy (non-hydrogen) atoms. The van der Waals surface area contributed by atoms with E-state index in [2.05, 4.69) is 17.6 Å². The molecule has 1 amide bonds. The van der Waals surface area contributed by atoms with Crippen molar-refractivity contribution in [2.45, 2.75) is 37.7 Å². The standard InChI is InChI=1S/C23H23ClN2O2S/c1-13-5-10-18-19(11-13)29-23-20(18)22(27)25-21(26-23)14-3-2-4-17(12-14)28-16-8-6-15(24)7-9-16/h2-4,6-9,12-13,20-21,23,26H,5,10-11H2,1H3,(H,25,27). The van der Waals surface area contributed by atoms with Crippen molar-refractivity contribution in [1.29, 1.82) is 0 Å². The first kappa shape index (κ1) is 19.0. The zero-order valence-corrected chi connectivity index (χ0v) is 17.7. The number of hydrogen-bond donors (Lipinski definition) is 2. The Hall–Kier alpha value is -1.95. The second-order valence-electron chi connectivity index (χ2n) is 8.05. The molecule has 1 aliphatic carbocycles. The molecule has 2 N–H and O–H groups in total. The molecule has 2 aromatic carbocycles. The number of hydrogen-bond acceptors (Lipinski definition) is 4. The van der Waals surface area contributed by atoms with Crippen LogP contribution in [0.1, 0.15) is 37.9 Å². The van der Waals surface area contributed by atoms with Crippen LogP contribution < -0.4 is 15.4 Å². The minimum Gasteiger partial charge on any atom is -0.457 e. The van der Waals surface area contributed by atoms with Gasteiger partial charge >= 0.3 is 0 Å². The molecule has 0 aromatic heterocycles. The predicted octanol–water partition coefficient (Wildman–Crippen LogP) is 5.61. The van der Waals surface area contributed by atoms with Crippen molar-refractivity contribution in [3.63, 3.8) is 0 Å². The quantitative estimate of drug-likeness (QED) is 0.669. The Kier molecular flexibility index (Phi) is 5.06. The van der Waals surface area contributed by atoms with Crippen molar-refractivity contribution in [3.05, 3.63) is 69.6 Å². The lowest BCUT2D eigenvalue weighted by Crippen LogP contribution is -2.54. The average Bonchev–Trinajstić information content (AvgIpc) is 3.08. The summed E-state index contributed by atoms with van der Waals surface area (Å²) in [6.45, 7) is 2.30. The number of amides is 1. The van der Waals surface area contributed by atoms with Gasteiger partial charge in [0, 0.05) is 5.02 Å². The van der Waals surface area contributed by atoms with Crippen molar-refractivity contribution in [2.24, 2.45) is 11.8 Å². The van der Waals surface area contributed by atoms with Crippen LogP contribution in [0, 0.1) is 11.8 Å². The number of halogens is 1. The van der Waals surface area contributed by atoms with Crippen LogP contribution in [0.5, 0.6) is 11.5 Å². The molecule has 1 saturated heterocycles. The fourth-order valence-corrected chi connectivity index (χ4v) is 6.21. The Labute approximate surface area is 180 Å². The fourth-order valence-electron chi connectivity index (χ4n) is 4.39. The molecule has 150 valence electrons. The Morgan fingerprint density at radius 2 is 1.97 bits per heavy atom. The van der Waals surface area contributed by atoms with Crippen LogP contribution in [0.2, 0.25) is 5.02 Å². The Bertz CT molecular complexity index is 975. The van der Waals surface area contributed by atoms with Crippen molar-refractivity contribution in [3.8, 4) is 11.5 Å². The van der Waals surface area contributed by atoms with Gasteiger partial charge < -0.3 is 10.1 Å². The highest BCUT2D eigenvalue weighted by Gasteiger charge is 2.46. The number of fused-ring (bicyclic) bond motifs is 2. The van der Waals surface area contributed by atoms with E-state index in [1.807, 2.05) is 48.2 Å². The molecule has 4 atom stereocenters. The molecule has 2 aromatic rings. The Morgan fingerprint density at radius 3 is 2.79 bits per heavy atom. The van der Waals surface area contributed by atoms with Crippen molar-refractivity contribution < 1.29 is 9.53 Å². The Balaban J connectivity index is 1.33. The van der Waals surface area contributed by atoms with Crippen molar-refractivity contribution in [1.82, 2.24) is 10.6 Å². The molecule has 0 radical (unpaired) electrons. The van der Waals surface area contributed by atoms with E-state index >= 15 is 0 Å². The normalized spacial score (nSPS) is 28.6. The highest BCUT2D eigenvalue weighted by Crippen LogP contribution is 2.50. The van der Waals surface area contributed by atoms with E-state index in [1.165, 1.54) is 16.9 Å². The van der Waals surface area contributed by atoms with Gasteiger partial charge in [-0.15, -0.1) is 11.8 Å². The van der Waals surface area contributed by atoms with Gasteiger partial charge in [0.05, 0.1) is 11.3 Å². The van der Waals surface area contributed by atoms with Gasteiger partial charge in [0.25, 0.3) is 0 Å². The van der Waals surface area contributed by atoms with Gasteiger partial charge in [-0.1, -0.05) is 30.7 Å². The molecule has 4 unspecified atom stereocenters. The number of allylic oxidation sites excluding steroid dienone is 1. The molecule has 6 heteroatoms. The van der Waals surface area contributed by atoms with Crippen LogP contribution in [0.15, 0.2) is 59.0 Å². The van der Waals surface area contributed by atoms with E-state index in [-0.39, 0.29) is 23.4 Å². The van der Waals surface area contributed by atoms with Crippen LogP contribution in [0.25, 0.3) is 0 Å². The molecule has 4 nitrogen and oxygen atoms in total. The smallest absolute Gasteiger partial charge is 0.231 e. The molecule has 0 spiro atoms. The van der Waals surface area contributed by atoms with Gasteiger partial charge in [0.1, 0.15) is 17.7 Å². The first-order valence-corrected chi connectivity index (χ1v) is 11.3. The Morgan fingerprint density at radius 1 is 1.14 bits per heavy atom. The number of carbonyl (C=O) groups excluding carboxylic acids is 1. The maximum Gasteiger partial charge on any atom is 0.231 e. The fraction of sp³-hybridized carbons (Fsp3) is 0.348. The minimum atomic E-state index is -0.219. The minimum absolute atomic E-state index is 0.0350. The van der Waals surface area contributed by atoms with Crippen LogP contribution in [0.4, 0.5) is 0 Å². The van der Waals surface area contributed by atoms with Crippen molar-refractivity contribution in [2.75, 3.05) is 0 Å². The molecule has 0 bridgehead atoms. The monoisotopic (exact) mass is 426 g/mol. The molecule has 1 fully saturated rings. The molecule has 3 aliphatic rings. The molecule has 2 heterocycles. The van der Waals surface area contributed by atoms with Gasteiger partial charge in [0.2, 0.25) is 5.91 Å². The summed E-state index contributed by atoms with van der Waals surface area (Å²) in [4.78, 5) is 14.4. The largest absolute Gasteiger partial charge is 0.457 e. The topological polar surface area (TPSA) is 50.4 Å². The van der Waals surface area contributed by atoms with E-state index in [0.29, 0.717) is 10.9 Å². The van der Waals surface area contributed by atoms with Crippen molar-refractivity contribution >= 4 is 29.3 Å². The van der Waals surface area contributed by atoms with E-state index < -0.39 is 0 Å². The molecule has 2 aliphatic heterocycles. The maximum atomic E-state index is 13.0. The van der Waals surface area contributed by atoms with E-state index in [1.54, 1.807) is 12.1 Å². The summed E-state index contributed by atoms with van der Waals surface area (Å²) in [7, 11) is 0. The van der Waals surface area contributed by atoms with Gasteiger partial charge in [-0.05, 0) is 77.6 Å². The first-order valence-electron chi connectivity index (χ1n) is 10.1. The highest BCUT2D eigenvalue weighted by atomic mass is 35.5. The van der Waals surface area contributed by atoms with Crippen LogP contribution >= 0.6 is 23.4 Å². The van der Waals surface area contributed by atoms with Gasteiger partial charge in [-0.3, -0.25) is 10.1 Å². The lowest BCUT2D eigenvalue weighted by molar-refractivity contribution is -0.127. The van der Waals surface area contributed by atoms with E-state index in [4.69, 9.17) is 16.3 Å². The van der Waals surface area contributed by atoms with Gasteiger partial charge in [0.15, 0.2) is 0 Å². The van der Waals surface area contributed by atoms with Crippen LogP contribution in [0.3, 0.4) is 0 Å². The molecule has 5 rings (SSSR count). The highest BCUT2D eigenvalue weighted by molar-refractivity contribution is 8.04. The summed E-state index contributed by atoms with van der Waals surface area (Å²) in [5.74, 6) is 2.27. The lowest BCUT2D eigenvalue weighted by atomic mass is 9.83. The SMILES string of the molecule is CC1CCC2=C(C1)SC1NC(c3cccc(Oc4ccc(Cl)cc4)c3)NC(=O)C21. The maximum absolute atomic E-state index is 13.0. The summed E-state index contributed by atoms with van der Waals surface area (Å²) in [5.41, 5.74) is 2.35. The van der Waals surface area contributed by atoms with E-state index in [0.717, 1.165) is 29.9 Å². The first-order chi connectivity index (χ1) is 14.1. The number of benzene rings is 2. The lowest BCUT2D eigenvalue weighted by Gasteiger charge is -2.35. The third-order valence-electron chi connectivity index (χ3n) is 5.89. The molecule has 0 saturated carbocycles. The average molecular weight is 427 g/mol. The summed E-state index contributed by atoms with van der Waals surface area (Å²) in [6.07, 6.45) is 3.12. The number of rotatable bonds is 3. The summed E-state index contributed by atoms with van der Waals surface area (Å²) < 4.78 is 5.95. The number of ether oxygens (including phenoxy) is 1. The zero-order chi connectivity index (χ0) is 20.0. The predicted molar refractivity (Wildman–Crippen MR) is 117 cm³/mol. The third kappa shape index (κ3) is 3.79. The van der Waals surface area contributed by atoms with Crippen LogP contribution in [-0.4, -0.2) is 11.3 Å². The zero-order valence-electron chi connectivity index (χ0n) is 16.2. The van der Waals surface area contributed by atoms with Gasteiger partial charge in [-0.2, -0.15) is 0 Å². The second-order valence-corrected chi connectivity index (χ2v) is 9.72. The molecular formula is C23H23ClN2O2S. The van der Waals surface area contributed by atoms with Gasteiger partial charge in [-0.25, -0.2) is 0 Å². The van der Waals surface area contributed by atoms with E-state index in [9.17, 15) is 4.79 Å². The number of thioether (sulfide) groups is 1. The number of nitrogens with one attached hydrogen (secondary N) is 2. The van der Waals surface area contributed by atoms with Crippen LogP contribution in [-0.2, 0) is 4.79 Å². The summed E-state index contributed by atoms with van der Waals surface area (Å²) in [5, 5.41) is 7.62. The summed E-state index contributed by atoms with van der Waals surface area (Å²) in [6, 6.07) is 15.1. The molecular weight excluding hydrogens is 404 g/mol.